The van der Waals surface area contributed by atoms with E-state index in [0.29, 0.717) is 5.56 Å². The average Bonchev–Trinajstić information content (AvgIpc) is 2.93. The molecule has 0 aliphatic heterocycles. The fourth-order valence-electron chi connectivity index (χ4n) is 3.14. The van der Waals surface area contributed by atoms with Crippen LogP contribution in [0.5, 0.6) is 5.75 Å². The van der Waals surface area contributed by atoms with E-state index in [1.54, 1.807) is 31.1 Å². The van der Waals surface area contributed by atoms with E-state index in [-0.39, 0.29) is 17.7 Å². The molecule has 5 nitrogen and oxygen atoms in total. The molecule has 0 saturated heterocycles. The number of carbonyl (C=O) groups is 1. The molecule has 1 aromatic heterocycles. The summed E-state index contributed by atoms with van der Waals surface area (Å²) in [5, 5.41) is 14.6. The van der Waals surface area contributed by atoms with E-state index >= 15 is 0 Å². The second-order valence-corrected chi connectivity index (χ2v) is 6.69. The molecule has 3 rings (SSSR count). The van der Waals surface area contributed by atoms with Crippen molar-refractivity contribution in [3.63, 3.8) is 0 Å². The van der Waals surface area contributed by atoms with Crippen LogP contribution in [0.15, 0.2) is 54.6 Å². The predicted molar refractivity (Wildman–Crippen MR) is 102 cm³/mol. The lowest BCUT2D eigenvalue weighted by Crippen LogP contribution is -2.22. The Morgan fingerprint density at radius 3 is 2.27 bits per heavy atom. The normalized spacial score (nSPS) is 12.0. The van der Waals surface area contributed by atoms with Crippen molar-refractivity contribution in [2.45, 2.75) is 19.9 Å². The lowest BCUT2D eigenvalue weighted by Gasteiger charge is -2.21. The van der Waals surface area contributed by atoms with Gasteiger partial charge in [-0.25, -0.2) is 0 Å². The van der Waals surface area contributed by atoms with Gasteiger partial charge in [0.25, 0.3) is 5.91 Å². The molecular formula is C21H23N3O2. The van der Waals surface area contributed by atoms with Crippen LogP contribution < -0.4 is 0 Å². The Hall–Kier alpha value is -3.08. The maximum atomic E-state index is 12.1. The van der Waals surface area contributed by atoms with Crippen molar-refractivity contribution in [1.29, 1.82) is 0 Å². The summed E-state index contributed by atoms with van der Waals surface area (Å²) in [4.78, 5) is 13.7. The van der Waals surface area contributed by atoms with Crippen LogP contribution in [0, 0.1) is 13.8 Å². The molecule has 2 aromatic carbocycles. The quantitative estimate of drug-likeness (QED) is 0.784. The van der Waals surface area contributed by atoms with Crippen molar-refractivity contribution in [3.05, 3.63) is 82.7 Å². The highest BCUT2D eigenvalue weighted by Crippen LogP contribution is 2.30. The highest BCUT2D eigenvalue weighted by atomic mass is 16.3. The Morgan fingerprint density at radius 2 is 1.73 bits per heavy atom. The zero-order valence-electron chi connectivity index (χ0n) is 15.5. The van der Waals surface area contributed by atoms with Gasteiger partial charge in [-0.3, -0.25) is 9.48 Å². The largest absolute Gasteiger partial charge is 0.508 e. The minimum absolute atomic E-state index is 0.0310. The molecule has 5 heteroatoms. The van der Waals surface area contributed by atoms with Gasteiger partial charge in [-0.15, -0.1) is 0 Å². The Morgan fingerprint density at radius 1 is 1.04 bits per heavy atom. The molecule has 3 aromatic rings. The molecule has 0 fully saturated rings. The maximum Gasteiger partial charge on any atom is 0.253 e. The first kappa shape index (κ1) is 17.7. The minimum atomic E-state index is -0.181. The number of aryl methyl sites for hydroxylation is 2. The van der Waals surface area contributed by atoms with Gasteiger partial charge in [-0.05, 0) is 55.3 Å². The number of phenolic OH excluding ortho intramolecular Hbond substituents is 1. The maximum absolute atomic E-state index is 12.1. The zero-order valence-corrected chi connectivity index (χ0v) is 15.5. The predicted octanol–water partition coefficient (Wildman–Crippen LogP) is 3.55. The number of amides is 1. The van der Waals surface area contributed by atoms with Crippen LogP contribution in [0.4, 0.5) is 0 Å². The highest BCUT2D eigenvalue weighted by Gasteiger charge is 2.20. The molecule has 1 atom stereocenters. The molecule has 1 heterocycles. The van der Waals surface area contributed by atoms with E-state index < -0.39 is 0 Å². The third-order valence-corrected chi connectivity index (χ3v) is 4.35. The van der Waals surface area contributed by atoms with Gasteiger partial charge in [0.05, 0.1) is 5.69 Å². The Balaban J connectivity index is 2.09. The molecule has 134 valence electrons. The zero-order chi connectivity index (χ0) is 18.8. The third kappa shape index (κ3) is 3.47. The SMILES string of the molecule is Cc1cc(C)n(C(c2ccc(C(=O)N(C)C)cc2)c2cccc(O)c2)n1. The minimum Gasteiger partial charge on any atom is -0.508 e. The third-order valence-electron chi connectivity index (χ3n) is 4.35. The number of aromatic hydroxyl groups is 1. The summed E-state index contributed by atoms with van der Waals surface area (Å²) in [5.41, 5.74) is 4.54. The van der Waals surface area contributed by atoms with E-state index in [1.807, 2.05) is 61.0 Å². The number of hydrogen-bond donors (Lipinski definition) is 1. The number of aromatic nitrogens is 2. The fourth-order valence-corrected chi connectivity index (χ4v) is 3.14. The van der Waals surface area contributed by atoms with Crippen LogP contribution in [-0.4, -0.2) is 39.8 Å². The summed E-state index contributed by atoms with van der Waals surface area (Å²) in [5.74, 6) is 0.185. The number of carbonyl (C=O) groups excluding carboxylic acids is 1. The van der Waals surface area contributed by atoms with E-state index in [1.165, 1.54) is 0 Å². The van der Waals surface area contributed by atoms with Gasteiger partial charge in [0.1, 0.15) is 11.8 Å². The van der Waals surface area contributed by atoms with E-state index in [4.69, 9.17) is 0 Å². The van der Waals surface area contributed by atoms with Crippen molar-refractivity contribution >= 4 is 5.91 Å². The number of phenols is 1. The lowest BCUT2D eigenvalue weighted by atomic mass is 9.97. The summed E-state index contributed by atoms with van der Waals surface area (Å²) >= 11 is 0. The van der Waals surface area contributed by atoms with Crippen LogP contribution in [-0.2, 0) is 0 Å². The summed E-state index contributed by atoms with van der Waals surface area (Å²) in [6, 6.07) is 16.6. The second kappa shape index (κ2) is 7.04. The van der Waals surface area contributed by atoms with Crippen molar-refractivity contribution in [1.82, 2.24) is 14.7 Å². The van der Waals surface area contributed by atoms with Crippen LogP contribution >= 0.6 is 0 Å². The standard InChI is InChI=1S/C21H23N3O2/c1-14-12-15(2)24(22-14)20(18-6-5-7-19(25)13-18)16-8-10-17(11-9-16)21(26)23(3)4/h5-13,20,25H,1-4H3. The van der Waals surface area contributed by atoms with E-state index in [9.17, 15) is 9.90 Å². The Bertz CT molecular complexity index is 927. The topological polar surface area (TPSA) is 58.4 Å². The van der Waals surface area contributed by atoms with Crippen molar-refractivity contribution in [2.24, 2.45) is 0 Å². The number of rotatable bonds is 4. The summed E-state index contributed by atoms with van der Waals surface area (Å²) < 4.78 is 1.95. The van der Waals surface area contributed by atoms with E-state index in [2.05, 4.69) is 5.10 Å². The van der Waals surface area contributed by atoms with E-state index in [0.717, 1.165) is 22.5 Å². The van der Waals surface area contributed by atoms with Crippen LogP contribution in [0.25, 0.3) is 0 Å². The van der Waals surface area contributed by atoms with Crippen molar-refractivity contribution in [3.8, 4) is 5.75 Å². The molecule has 0 bridgehead atoms. The molecule has 0 spiro atoms. The first-order valence-corrected chi connectivity index (χ1v) is 8.50. The monoisotopic (exact) mass is 349 g/mol. The smallest absolute Gasteiger partial charge is 0.253 e. The molecular weight excluding hydrogens is 326 g/mol. The van der Waals surface area contributed by atoms with Gasteiger partial charge in [0.15, 0.2) is 0 Å². The molecule has 0 aliphatic carbocycles. The second-order valence-electron chi connectivity index (χ2n) is 6.69. The average molecular weight is 349 g/mol. The molecule has 1 unspecified atom stereocenters. The van der Waals surface area contributed by atoms with Crippen molar-refractivity contribution < 1.29 is 9.90 Å². The van der Waals surface area contributed by atoms with Gasteiger partial charge in [-0.2, -0.15) is 5.10 Å². The molecule has 1 N–H and O–H groups in total. The molecule has 0 radical (unpaired) electrons. The van der Waals surface area contributed by atoms with Gasteiger partial charge in [-0.1, -0.05) is 24.3 Å². The van der Waals surface area contributed by atoms with Crippen molar-refractivity contribution in [2.75, 3.05) is 14.1 Å². The summed E-state index contributed by atoms with van der Waals surface area (Å²) in [6.45, 7) is 3.97. The Kier molecular flexibility index (Phi) is 4.80. The highest BCUT2D eigenvalue weighted by molar-refractivity contribution is 5.93. The first-order chi connectivity index (χ1) is 12.4. The van der Waals surface area contributed by atoms with Crippen LogP contribution in [0.3, 0.4) is 0 Å². The molecule has 0 saturated carbocycles. The summed E-state index contributed by atoms with van der Waals surface area (Å²) in [7, 11) is 3.48. The number of hydrogen-bond acceptors (Lipinski definition) is 3. The van der Waals surface area contributed by atoms with Gasteiger partial charge >= 0.3 is 0 Å². The number of nitrogens with zero attached hydrogens (tertiary/aromatic N) is 3. The van der Waals surface area contributed by atoms with Gasteiger partial charge < -0.3 is 10.0 Å². The van der Waals surface area contributed by atoms with Crippen LogP contribution in [0.2, 0.25) is 0 Å². The Labute approximate surface area is 153 Å². The van der Waals surface area contributed by atoms with Crippen LogP contribution in [0.1, 0.15) is 38.9 Å². The van der Waals surface area contributed by atoms with Gasteiger partial charge in [0.2, 0.25) is 0 Å². The molecule has 0 aliphatic rings. The first-order valence-electron chi connectivity index (χ1n) is 8.50. The van der Waals surface area contributed by atoms with Gasteiger partial charge in [0, 0.05) is 25.4 Å². The molecule has 1 amide bonds. The lowest BCUT2D eigenvalue weighted by molar-refractivity contribution is 0.0827. The molecule has 26 heavy (non-hydrogen) atoms. The number of benzene rings is 2. The summed E-state index contributed by atoms with van der Waals surface area (Å²) in [6.07, 6.45) is 0. The fraction of sp³-hybridized carbons (Fsp3) is 0.238.